The number of likely N-dealkylation sites (tertiary alicyclic amines) is 1. The van der Waals surface area contributed by atoms with Crippen molar-refractivity contribution in [2.24, 2.45) is 0 Å². The average Bonchev–Trinajstić information content (AvgIpc) is 3.18. The number of rotatable bonds is 13. The zero-order valence-electron chi connectivity index (χ0n) is 18.9. The third-order valence-corrected chi connectivity index (χ3v) is 5.88. The minimum Gasteiger partial charge on any atom is -0.489 e. The summed E-state index contributed by atoms with van der Waals surface area (Å²) in [6, 6.07) is 17.3. The molecule has 0 aromatic heterocycles. The van der Waals surface area contributed by atoms with Crippen molar-refractivity contribution in [3.63, 3.8) is 0 Å². The van der Waals surface area contributed by atoms with E-state index in [1.54, 1.807) is 6.08 Å². The molecule has 1 fully saturated rings. The van der Waals surface area contributed by atoms with Crippen molar-refractivity contribution in [1.82, 2.24) is 4.90 Å². The van der Waals surface area contributed by atoms with E-state index in [2.05, 4.69) is 0 Å². The van der Waals surface area contributed by atoms with Crippen molar-refractivity contribution in [1.29, 1.82) is 0 Å². The number of nitrogens with zero attached hydrogens (tertiary/aromatic N) is 1. The second-order valence-corrected chi connectivity index (χ2v) is 8.43. The molecule has 1 heterocycles. The normalized spacial score (nSPS) is 16.9. The van der Waals surface area contributed by atoms with Crippen LogP contribution in [0.1, 0.15) is 62.2 Å². The predicted molar refractivity (Wildman–Crippen MR) is 127 cm³/mol. The first kappa shape index (κ1) is 24.5. The Hall–Kier alpha value is -3.12. The Bertz CT molecular complexity index is 927. The SMILES string of the molecule is O=C(O)CCCCCCN1C(=O)CC[C@@H]1C=CC(O)c1cccc(OCc2ccccc2)c1. The molecular formula is C27H33NO5. The summed E-state index contributed by atoms with van der Waals surface area (Å²) >= 11 is 0. The quantitative estimate of drug-likeness (QED) is 0.335. The topological polar surface area (TPSA) is 87.1 Å². The van der Waals surface area contributed by atoms with E-state index in [1.165, 1.54) is 0 Å². The van der Waals surface area contributed by atoms with Gasteiger partial charge in [0, 0.05) is 19.4 Å². The molecule has 1 aliphatic heterocycles. The summed E-state index contributed by atoms with van der Waals surface area (Å²) in [5.41, 5.74) is 1.82. The van der Waals surface area contributed by atoms with Gasteiger partial charge in [0.15, 0.2) is 0 Å². The summed E-state index contributed by atoms with van der Waals surface area (Å²) in [7, 11) is 0. The number of hydrogen-bond donors (Lipinski definition) is 2. The molecule has 0 saturated carbocycles. The fraction of sp³-hybridized carbons (Fsp3) is 0.407. The van der Waals surface area contributed by atoms with E-state index in [-0.39, 0.29) is 18.4 Å². The molecule has 0 bridgehead atoms. The minimum atomic E-state index is -0.779. The monoisotopic (exact) mass is 451 g/mol. The van der Waals surface area contributed by atoms with Crippen LogP contribution in [-0.2, 0) is 16.2 Å². The standard InChI is InChI=1S/C27H33NO5/c29-25(22-11-8-12-24(19-22)33-20-21-9-4-3-5-10-21)16-14-23-15-17-26(30)28(23)18-7-2-1-6-13-27(31)32/h3-5,8-12,14,16,19,23,25,29H,1-2,6-7,13,15,17-18,20H2,(H,31,32)/t23-,25?/m0/s1. The van der Waals surface area contributed by atoms with Crippen LogP contribution in [0.5, 0.6) is 5.75 Å². The van der Waals surface area contributed by atoms with Gasteiger partial charge in [-0.3, -0.25) is 9.59 Å². The Balaban J connectivity index is 1.49. The lowest BCUT2D eigenvalue weighted by molar-refractivity contribution is -0.137. The minimum absolute atomic E-state index is 0.0105. The van der Waals surface area contributed by atoms with Crippen LogP contribution in [0.2, 0.25) is 0 Å². The van der Waals surface area contributed by atoms with Gasteiger partial charge in [-0.05, 0) is 42.5 Å². The highest BCUT2D eigenvalue weighted by atomic mass is 16.5. The van der Waals surface area contributed by atoms with Crippen molar-refractivity contribution >= 4 is 11.9 Å². The van der Waals surface area contributed by atoms with Gasteiger partial charge in [-0.2, -0.15) is 0 Å². The third-order valence-electron chi connectivity index (χ3n) is 5.88. The van der Waals surface area contributed by atoms with E-state index in [9.17, 15) is 14.7 Å². The number of carbonyl (C=O) groups excluding carboxylic acids is 1. The molecule has 6 heteroatoms. The van der Waals surface area contributed by atoms with E-state index < -0.39 is 12.1 Å². The van der Waals surface area contributed by atoms with Gasteiger partial charge < -0.3 is 19.8 Å². The highest BCUT2D eigenvalue weighted by Gasteiger charge is 2.28. The lowest BCUT2D eigenvalue weighted by Gasteiger charge is -2.22. The molecule has 3 rings (SSSR count). The Labute approximate surface area is 195 Å². The summed E-state index contributed by atoms with van der Waals surface area (Å²) in [6.45, 7) is 1.13. The molecule has 176 valence electrons. The molecule has 1 saturated heterocycles. The first-order chi connectivity index (χ1) is 16.0. The summed E-state index contributed by atoms with van der Waals surface area (Å²) in [5, 5.41) is 19.4. The fourth-order valence-electron chi connectivity index (χ4n) is 4.03. The fourth-order valence-corrected chi connectivity index (χ4v) is 4.03. The van der Waals surface area contributed by atoms with Crippen LogP contribution >= 0.6 is 0 Å². The second-order valence-electron chi connectivity index (χ2n) is 8.43. The Morgan fingerprint density at radius 1 is 1.09 bits per heavy atom. The Morgan fingerprint density at radius 2 is 1.88 bits per heavy atom. The molecule has 2 atom stereocenters. The second kappa shape index (κ2) is 12.8. The van der Waals surface area contributed by atoms with Crippen LogP contribution < -0.4 is 4.74 Å². The summed E-state index contributed by atoms with van der Waals surface area (Å²) < 4.78 is 5.86. The zero-order valence-corrected chi connectivity index (χ0v) is 18.9. The number of ether oxygens (including phenoxy) is 1. The molecule has 33 heavy (non-hydrogen) atoms. The number of hydrogen-bond acceptors (Lipinski definition) is 4. The molecule has 2 aromatic carbocycles. The predicted octanol–water partition coefficient (Wildman–Crippen LogP) is 4.88. The van der Waals surface area contributed by atoms with Gasteiger partial charge in [0.25, 0.3) is 0 Å². The molecular weight excluding hydrogens is 418 g/mol. The van der Waals surface area contributed by atoms with Gasteiger partial charge in [-0.1, -0.05) is 67.5 Å². The summed E-state index contributed by atoms with van der Waals surface area (Å²) in [5.74, 6) is 0.0760. The molecule has 6 nitrogen and oxygen atoms in total. The first-order valence-corrected chi connectivity index (χ1v) is 11.7. The van der Waals surface area contributed by atoms with Gasteiger partial charge in [0.2, 0.25) is 5.91 Å². The molecule has 1 unspecified atom stereocenters. The summed E-state index contributed by atoms with van der Waals surface area (Å²) in [4.78, 5) is 24.7. The molecule has 1 amide bonds. The van der Waals surface area contributed by atoms with Gasteiger partial charge in [-0.25, -0.2) is 0 Å². The average molecular weight is 452 g/mol. The smallest absolute Gasteiger partial charge is 0.303 e. The van der Waals surface area contributed by atoms with Gasteiger partial charge in [0.1, 0.15) is 12.4 Å². The van der Waals surface area contributed by atoms with Gasteiger partial charge in [-0.15, -0.1) is 0 Å². The lowest BCUT2D eigenvalue weighted by Crippen LogP contribution is -2.32. The highest BCUT2D eigenvalue weighted by Crippen LogP contribution is 2.25. The van der Waals surface area contributed by atoms with E-state index in [1.807, 2.05) is 65.6 Å². The molecule has 1 aliphatic rings. The molecule has 2 aromatic rings. The maximum absolute atomic E-state index is 12.3. The number of carboxylic acids is 1. The molecule has 0 aliphatic carbocycles. The van der Waals surface area contributed by atoms with Gasteiger partial charge >= 0.3 is 5.97 Å². The number of carboxylic acid groups (broad SMARTS) is 1. The Morgan fingerprint density at radius 3 is 2.67 bits per heavy atom. The van der Waals surface area contributed by atoms with Crippen molar-refractivity contribution in [2.75, 3.05) is 6.54 Å². The number of aliphatic hydroxyl groups is 1. The molecule has 0 radical (unpaired) electrons. The molecule has 2 N–H and O–H groups in total. The first-order valence-electron chi connectivity index (χ1n) is 11.7. The molecule has 0 spiro atoms. The van der Waals surface area contributed by atoms with Crippen molar-refractivity contribution in [2.45, 2.75) is 63.7 Å². The number of benzene rings is 2. The summed E-state index contributed by atoms with van der Waals surface area (Å²) in [6.07, 6.45) is 7.67. The van der Waals surface area contributed by atoms with Gasteiger partial charge in [0.05, 0.1) is 12.1 Å². The third kappa shape index (κ3) is 8.06. The maximum atomic E-state index is 12.3. The Kier molecular flexibility index (Phi) is 9.51. The van der Waals surface area contributed by atoms with Crippen molar-refractivity contribution < 1.29 is 24.5 Å². The van der Waals surface area contributed by atoms with Crippen molar-refractivity contribution in [3.8, 4) is 5.75 Å². The maximum Gasteiger partial charge on any atom is 0.303 e. The lowest BCUT2D eigenvalue weighted by atomic mass is 10.1. The number of aliphatic carboxylic acids is 1. The van der Waals surface area contributed by atoms with Crippen LogP contribution in [-0.4, -0.2) is 39.6 Å². The van der Waals surface area contributed by atoms with Crippen LogP contribution in [0.15, 0.2) is 66.7 Å². The highest BCUT2D eigenvalue weighted by molar-refractivity contribution is 5.79. The van der Waals surface area contributed by atoms with Crippen molar-refractivity contribution in [3.05, 3.63) is 77.9 Å². The number of unbranched alkanes of at least 4 members (excludes halogenated alkanes) is 3. The van der Waals surface area contributed by atoms with E-state index in [0.717, 1.165) is 36.8 Å². The van der Waals surface area contributed by atoms with E-state index in [0.29, 0.717) is 31.7 Å². The number of aliphatic hydroxyl groups excluding tert-OH is 1. The van der Waals surface area contributed by atoms with Crippen LogP contribution in [0.25, 0.3) is 0 Å². The van der Waals surface area contributed by atoms with Crippen LogP contribution in [0.4, 0.5) is 0 Å². The van der Waals surface area contributed by atoms with Crippen LogP contribution in [0, 0.1) is 0 Å². The van der Waals surface area contributed by atoms with E-state index in [4.69, 9.17) is 9.84 Å². The largest absolute Gasteiger partial charge is 0.489 e. The van der Waals surface area contributed by atoms with E-state index >= 15 is 0 Å². The number of carbonyl (C=O) groups is 2. The van der Waals surface area contributed by atoms with Crippen LogP contribution in [0.3, 0.4) is 0 Å². The zero-order chi connectivity index (χ0) is 23.5. The number of amides is 1.